The lowest BCUT2D eigenvalue weighted by Crippen LogP contribution is -2.46. The van der Waals surface area contributed by atoms with Crippen LogP contribution < -0.4 is 20.1 Å². The fourth-order valence-corrected chi connectivity index (χ4v) is 3.35. The maximum Gasteiger partial charge on any atom is 0.338 e. The highest BCUT2D eigenvalue weighted by Crippen LogP contribution is 2.40. The summed E-state index contributed by atoms with van der Waals surface area (Å²) in [5, 5.41) is 5.86. The summed E-state index contributed by atoms with van der Waals surface area (Å²) in [6.07, 6.45) is 0.171. The summed E-state index contributed by atoms with van der Waals surface area (Å²) in [7, 11) is 0. The third kappa shape index (κ3) is 5.81. The molecule has 1 aromatic rings. The maximum atomic E-state index is 12.8. The van der Waals surface area contributed by atoms with E-state index in [1.54, 1.807) is 26.0 Å². The molecule has 1 atom stereocenters. The molecule has 1 aliphatic rings. The van der Waals surface area contributed by atoms with E-state index in [2.05, 4.69) is 10.6 Å². The molecule has 0 spiro atoms. The lowest BCUT2D eigenvalue weighted by atomic mass is 9.94. The fraction of sp³-hybridized carbons (Fsp3) is 0.545. The van der Waals surface area contributed by atoms with Gasteiger partial charge in [-0.05, 0) is 50.8 Å². The number of urea groups is 1. The summed E-state index contributed by atoms with van der Waals surface area (Å²) in [5.74, 6) is 0.727. The molecule has 0 saturated heterocycles. The van der Waals surface area contributed by atoms with Crippen molar-refractivity contribution in [2.24, 2.45) is 5.92 Å². The number of benzene rings is 1. The van der Waals surface area contributed by atoms with Gasteiger partial charge in [-0.25, -0.2) is 9.59 Å². The van der Waals surface area contributed by atoms with E-state index >= 15 is 0 Å². The van der Waals surface area contributed by atoms with E-state index in [9.17, 15) is 9.59 Å². The van der Waals surface area contributed by atoms with E-state index in [4.69, 9.17) is 25.8 Å². The number of esters is 1. The second-order valence-corrected chi connectivity index (χ2v) is 8.11. The Hall–Kier alpha value is -2.41. The molecule has 0 fully saturated rings. The Kier molecular flexibility index (Phi) is 8.41. The van der Waals surface area contributed by atoms with Crippen molar-refractivity contribution in [1.82, 2.24) is 10.6 Å². The maximum absolute atomic E-state index is 12.8. The van der Waals surface area contributed by atoms with Crippen LogP contribution >= 0.6 is 11.6 Å². The molecular weight excluding hydrogens is 408 g/mol. The molecule has 30 heavy (non-hydrogen) atoms. The smallest absolute Gasteiger partial charge is 0.338 e. The van der Waals surface area contributed by atoms with Crippen LogP contribution in [0, 0.1) is 5.92 Å². The lowest BCUT2D eigenvalue weighted by Gasteiger charge is -2.30. The normalized spacial score (nSPS) is 16.4. The van der Waals surface area contributed by atoms with Crippen molar-refractivity contribution in [3.05, 3.63) is 34.0 Å². The third-order valence-corrected chi connectivity index (χ3v) is 4.58. The molecule has 2 rings (SSSR count). The van der Waals surface area contributed by atoms with Crippen LogP contribution in [-0.4, -0.2) is 31.3 Å². The van der Waals surface area contributed by atoms with Crippen molar-refractivity contribution in [1.29, 1.82) is 0 Å². The summed E-state index contributed by atoms with van der Waals surface area (Å²) in [6.45, 7) is 12.2. The first-order chi connectivity index (χ1) is 14.2. The Morgan fingerprint density at radius 1 is 1.17 bits per heavy atom. The average molecular weight is 439 g/mol. The van der Waals surface area contributed by atoms with E-state index in [0.29, 0.717) is 58.9 Å². The summed E-state index contributed by atoms with van der Waals surface area (Å²) in [4.78, 5) is 25.1. The van der Waals surface area contributed by atoms with Gasteiger partial charge in [0, 0.05) is 5.70 Å². The van der Waals surface area contributed by atoms with Gasteiger partial charge in [-0.3, -0.25) is 0 Å². The zero-order valence-corrected chi connectivity index (χ0v) is 19.2. The minimum absolute atomic E-state index is 0.296. The monoisotopic (exact) mass is 438 g/mol. The number of amides is 2. The Balaban J connectivity index is 2.55. The number of carbonyl (C=O) groups excluding carboxylic acids is 2. The Morgan fingerprint density at radius 3 is 2.43 bits per heavy atom. The van der Waals surface area contributed by atoms with Gasteiger partial charge >= 0.3 is 12.0 Å². The molecule has 1 aliphatic heterocycles. The highest BCUT2D eigenvalue weighted by molar-refractivity contribution is 6.32. The van der Waals surface area contributed by atoms with E-state index in [-0.39, 0.29) is 6.10 Å². The number of hydrogen-bond donors (Lipinski definition) is 2. The zero-order valence-electron chi connectivity index (χ0n) is 18.4. The molecule has 1 heterocycles. The van der Waals surface area contributed by atoms with E-state index < -0.39 is 18.0 Å². The predicted molar refractivity (Wildman–Crippen MR) is 116 cm³/mol. The van der Waals surface area contributed by atoms with Gasteiger partial charge in [0.25, 0.3) is 0 Å². The van der Waals surface area contributed by atoms with Gasteiger partial charge in [-0.2, -0.15) is 0 Å². The van der Waals surface area contributed by atoms with Crippen molar-refractivity contribution >= 4 is 23.6 Å². The van der Waals surface area contributed by atoms with Gasteiger partial charge in [0.2, 0.25) is 0 Å². The molecule has 2 N–H and O–H groups in total. The number of halogens is 1. The standard InChI is InChI=1S/C22H31ClN2O5/c1-7-16-18(21(26)30-13(5)6)19(25-22(27)24-16)14-9-15(23)20(29-11-12(3)4)17(10-14)28-8-2/h9-10,12-13,19H,7-8,11H2,1-6H3,(H2,24,25,27). The summed E-state index contributed by atoms with van der Waals surface area (Å²) in [6, 6.07) is 2.31. The molecule has 0 radical (unpaired) electrons. The summed E-state index contributed by atoms with van der Waals surface area (Å²) in [5.41, 5.74) is 1.47. The van der Waals surface area contributed by atoms with Crippen LogP contribution in [0.25, 0.3) is 0 Å². The summed E-state index contributed by atoms with van der Waals surface area (Å²) >= 11 is 6.53. The van der Waals surface area contributed by atoms with Crippen molar-refractivity contribution in [2.75, 3.05) is 13.2 Å². The molecule has 8 heteroatoms. The van der Waals surface area contributed by atoms with Gasteiger partial charge in [-0.1, -0.05) is 32.4 Å². The van der Waals surface area contributed by atoms with Crippen LogP contribution in [-0.2, 0) is 9.53 Å². The van der Waals surface area contributed by atoms with Gasteiger partial charge < -0.3 is 24.8 Å². The quantitative estimate of drug-likeness (QED) is 0.543. The first kappa shape index (κ1) is 23.9. The largest absolute Gasteiger partial charge is 0.490 e. The first-order valence-electron chi connectivity index (χ1n) is 10.3. The van der Waals surface area contributed by atoms with E-state index in [1.165, 1.54) is 0 Å². The van der Waals surface area contributed by atoms with Gasteiger partial charge in [-0.15, -0.1) is 0 Å². The van der Waals surface area contributed by atoms with Gasteiger partial charge in [0.1, 0.15) is 0 Å². The van der Waals surface area contributed by atoms with Crippen molar-refractivity contribution in [3.63, 3.8) is 0 Å². The molecule has 0 bridgehead atoms. The third-order valence-electron chi connectivity index (χ3n) is 4.30. The number of hydrogen-bond acceptors (Lipinski definition) is 5. The Bertz CT molecular complexity index is 820. The molecule has 0 aliphatic carbocycles. The molecule has 1 unspecified atom stereocenters. The second-order valence-electron chi connectivity index (χ2n) is 7.70. The minimum atomic E-state index is -0.726. The van der Waals surface area contributed by atoms with Crippen molar-refractivity contribution in [3.8, 4) is 11.5 Å². The number of ether oxygens (including phenoxy) is 3. The number of rotatable bonds is 9. The van der Waals surface area contributed by atoms with Crippen LogP contribution in [0.3, 0.4) is 0 Å². The highest BCUT2D eigenvalue weighted by atomic mass is 35.5. The van der Waals surface area contributed by atoms with Gasteiger partial charge in [0.05, 0.1) is 36.0 Å². The molecule has 0 saturated carbocycles. The second kappa shape index (κ2) is 10.6. The SMILES string of the molecule is CCOc1cc(C2NC(=O)NC(CC)=C2C(=O)OC(C)C)cc(Cl)c1OCC(C)C. The number of allylic oxidation sites excluding steroid dienone is 1. The first-order valence-corrected chi connectivity index (χ1v) is 10.7. The fourth-order valence-electron chi connectivity index (χ4n) is 3.07. The van der Waals surface area contributed by atoms with Crippen LogP contribution in [0.1, 0.15) is 59.6 Å². The predicted octanol–water partition coefficient (Wildman–Crippen LogP) is 4.74. The number of nitrogens with one attached hydrogen (secondary N) is 2. The highest BCUT2D eigenvalue weighted by Gasteiger charge is 2.34. The Morgan fingerprint density at radius 2 is 1.87 bits per heavy atom. The molecule has 166 valence electrons. The molecular formula is C22H31ClN2O5. The van der Waals surface area contributed by atoms with Gasteiger partial charge in [0.15, 0.2) is 11.5 Å². The van der Waals surface area contributed by atoms with Crippen molar-refractivity contribution in [2.45, 2.75) is 60.1 Å². The number of carbonyl (C=O) groups is 2. The summed E-state index contributed by atoms with van der Waals surface area (Å²) < 4.78 is 17.0. The van der Waals surface area contributed by atoms with Crippen LogP contribution in [0.15, 0.2) is 23.4 Å². The minimum Gasteiger partial charge on any atom is -0.490 e. The molecule has 2 amide bonds. The van der Waals surface area contributed by atoms with Crippen molar-refractivity contribution < 1.29 is 23.8 Å². The zero-order chi connectivity index (χ0) is 22.4. The molecule has 7 nitrogen and oxygen atoms in total. The topological polar surface area (TPSA) is 85.9 Å². The van der Waals surface area contributed by atoms with E-state index in [1.807, 2.05) is 27.7 Å². The average Bonchev–Trinajstić information content (AvgIpc) is 2.65. The van der Waals surface area contributed by atoms with Crippen LogP contribution in [0.4, 0.5) is 4.79 Å². The molecule has 0 aromatic heterocycles. The van der Waals surface area contributed by atoms with E-state index in [0.717, 1.165) is 0 Å². The lowest BCUT2D eigenvalue weighted by molar-refractivity contribution is -0.143. The molecule has 1 aromatic carbocycles. The Labute approximate surface area is 183 Å². The van der Waals surface area contributed by atoms with Crippen LogP contribution in [0.5, 0.6) is 11.5 Å². The van der Waals surface area contributed by atoms with Crippen LogP contribution in [0.2, 0.25) is 5.02 Å².